The molecule has 0 aliphatic heterocycles. The molecule has 0 unspecified atom stereocenters. The maximum Gasteiger partial charge on any atom is 0.248 e. The maximum atomic E-state index is 13.0. The zero-order valence-corrected chi connectivity index (χ0v) is 10.9. The van der Waals surface area contributed by atoms with Crippen LogP contribution in [0.4, 0.5) is 20.2 Å². The van der Waals surface area contributed by atoms with E-state index >= 15 is 0 Å². The van der Waals surface area contributed by atoms with Crippen LogP contribution in [0.5, 0.6) is 0 Å². The van der Waals surface area contributed by atoms with Crippen molar-refractivity contribution in [3.63, 3.8) is 0 Å². The molecule has 1 saturated carbocycles. The Balaban J connectivity index is 1.98. The van der Waals surface area contributed by atoms with Gasteiger partial charge in [-0.1, -0.05) is 15.9 Å². The second kappa shape index (κ2) is 4.80. The van der Waals surface area contributed by atoms with Gasteiger partial charge in [0.2, 0.25) is 5.92 Å². The predicted molar refractivity (Wildman–Crippen MR) is 69.4 cm³/mol. The molecule has 0 amide bonds. The molecule has 0 bridgehead atoms. The summed E-state index contributed by atoms with van der Waals surface area (Å²) in [6.45, 7) is 0. The van der Waals surface area contributed by atoms with Gasteiger partial charge in [-0.05, 0) is 31.0 Å². The highest BCUT2D eigenvalue weighted by Gasteiger charge is 2.34. The van der Waals surface area contributed by atoms with Crippen molar-refractivity contribution in [2.45, 2.75) is 37.6 Å². The Morgan fingerprint density at radius 2 is 1.94 bits per heavy atom. The summed E-state index contributed by atoms with van der Waals surface area (Å²) in [6.07, 6.45) is 0.896. The molecule has 5 heteroatoms. The van der Waals surface area contributed by atoms with Crippen LogP contribution in [-0.4, -0.2) is 12.0 Å². The normalized spacial score (nSPS) is 20.2. The third-order valence-corrected chi connectivity index (χ3v) is 3.58. The smallest absolute Gasteiger partial charge is 0.248 e. The van der Waals surface area contributed by atoms with Crippen LogP contribution in [0.25, 0.3) is 0 Å². The second-order valence-corrected chi connectivity index (χ2v) is 5.42. The lowest BCUT2D eigenvalue weighted by Crippen LogP contribution is -2.32. The number of nitrogens with one attached hydrogen (secondary N) is 1. The van der Waals surface area contributed by atoms with Crippen LogP contribution in [0.1, 0.15) is 25.7 Å². The van der Waals surface area contributed by atoms with Gasteiger partial charge in [0.25, 0.3) is 0 Å². The highest BCUT2D eigenvalue weighted by Crippen LogP contribution is 2.35. The third-order valence-electron chi connectivity index (χ3n) is 3.09. The zero-order chi connectivity index (χ0) is 12.5. The lowest BCUT2D eigenvalue weighted by Gasteiger charge is -2.29. The van der Waals surface area contributed by atoms with Crippen molar-refractivity contribution < 1.29 is 8.78 Å². The Kier molecular flexibility index (Phi) is 3.56. The van der Waals surface area contributed by atoms with Crippen LogP contribution in [0, 0.1) is 0 Å². The molecule has 2 nitrogen and oxygen atoms in total. The number of anilines is 2. The molecule has 0 aromatic heterocycles. The summed E-state index contributed by atoms with van der Waals surface area (Å²) in [5.74, 6) is -2.48. The number of nitrogen functional groups attached to an aromatic ring is 1. The number of halogens is 3. The predicted octanol–water partition coefficient (Wildman–Crippen LogP) is 4.02. The molecule has 1 aromatic carbocycles. The lowest BCUT2D eigenvalue weighted by molar-refractivity contribution is -0.0360. The molecule has 0 spiro atoms. The molecule has 1 aromatic rings. The van der Waals surface area contributed by atoms with Crippen LogP contribution in [0.15, 0.2) is 22.7 Å². The fourth-order valence-electron chi connectivity index (χ4n) is 2.07. The molecule has 0 saturated heterocycles. The van der Waals surface area contributed by atoms with Crippen molar-refractivity contribution in [1.29, 1.82) is 0 Å². The van der Waals surface area contributed by atoms with Crippen LogP contribution >= 0.6 is 15.9 Å². The van der Waals surface area contributed by atoms with Gasteiger partial charge < -0.3 is 11.1 Å². The summed E-state index contributed by atoms with van der Waals surface area (Å²) in [4.78, 5) is 0. The van der Waals surface area contributed by atoms with Crippen molar-refractivity contribution >= 4 is 27.3 Å². The second-order valence-electron chi connectivity index (χ2n) is 4.51. The summed E-state index contributed by atoms with van der Waals surface area (Å²) in [6, 6.07) is 5.65. The first-order valence-electron chi connectivity index (χ1n) is 5.66. The zero-order valence-electron chi connectivity index (χ0n) is 9.35. The van der Waals surface area contributed by atoms with Crippen LogP contribution in [-0.2, 0) is 0 Å². The van der Waals surface area contributed by atoms with E-state index in [0.29, 0.717) is 18.5 Å². The van der Waals surface area contributed by atoms with Gasteiger partial charge in [-0.15, -0.1) is 0 Å². The van der Waals surface area contributed by atoms with Gasteiger partial charge in [-0.25, -0.2) is 8.78 Å². The van der Waals surface area contributed by atoms with Crippen LogP contribution in [0.3, 0.4) is 0 Å². The minimum atomic E-state index is -2.48. The third kappa shape index (κ3) is 3.31. The van der Waals surface area contributed by atoms with Crippen molar-refractivity contribution in [2.24, 2.45) is 0 Å². The van der Waals surface area contributed by atoms with E-state index in [9.17, 15) is 8.78 Å². The Labute approximate surface area is 108 Å². The number of benzene rings is 1. The summed E-state index contributed by atoms with van der Waals surface area (Å²) in [5.41, 5.74) is 7.31. The fraction of sp³-hybridized carbons (Fsp3) is 0.500. The Morgan fingerprint density at radius 1 is 1.29 bits per heavy atom. The molecule has 1 aliphatic rings. The van der Waals surface area contributed by atoms with E-state index in [1.807, 2.05) is 12.1 Å². The Hall–Kier alpha value is -0.840. The van der Waals surface area contributed by atoms with E-state index in [4.69, 9.17) is 5.73 Å². The van der Waals surface area contributed by atoms with E-state index in [2.05, 4.69) is 21.2 Å². The number of hydrogen-bond donors (Lipinski definition) is 2. The first-order chi connectivity index (χ1) is 7.96. The molecule has 0 heterocycles. The molecule has 3 N–H and O–H groups in total. The topological polar surface area (TPSA) is 38.0 Å². The monoisotopic (exact) mass is 304 g/mol. The largest absolute Gasteiger partial charge is 0.397 e. The van der Waals surface area contributed by atoms with Gasteiger partial charge in [0.15, 0.2) is 0 Å². The van der Waals surface area contributed by atoms with E-state index in [-0.39, 0.29) is 18.9 Å². The number of alkyl halides is 2. The van der Waals surface area contributed by atoms with E-state index in [1.165, 1.54) is 0 Å². The summed E-state index contributed by atoms with van der Waals surface area (Å²) >= 11 is 3.33. The highest BCUT2D eigenvalue weighted by molar-refractivity contribution is 9.10. The SMILES string of the molecule is Nc1cc(Br)ccc1NC1CCC(F)(F)CC1. The highest BCUT2D eigenvalue weighted by atomic mass is 79.9. The average molecular weight is 305 g/mol. The van der Waals surface area contributed by atoms with Gasteiger partial charge in [0.1, 0.15) is 0 Å². The minimum Gasteiger partial charge on any atom is -0.397 e. The van der Waals surface area contributed by atoms with E-state index < -0.39 is 5.92 Å². The molecule has 0 radical (unpaired) electrons. The quantitative estimate of drug-likeness (QED) is 0.810. The fourth-order valence-corrected chi connectivity index (χ4v) is 2.45. The van der Waals surface area contributed by atoms with Crippen molar-refractivity contribution in [3.05, 3.63) is 22.7 Å². The summed E-state index contributed by atoms with van der Waals surface area (Å²) in [7, 11) is 0. The molecule has 2 rings (SSSR count). The Bertz CT molecular complexity index is 399. The molecular weight excluding hydrogens is 290 g/mol. The number of hydrogen-bond acceptors (Lipinski definition) is 2. The van der Waals surface area contributed by atoms with Gasteiger partial charge in [0.05, 0.1) is 11.4 Å². The maximum absolute atomic E-state index is 13.0. The van der Waals surface area contributed by atoms with Crippen molar-refractivity contribution in [2.75, 3.05) is 11.1 Å². The van der Waals surface area contributed by atoms with Gasteiger partial charge in [0, 0.05) is 23.4 Å². The Morgan fingerprint density at radius 3 is 2.53 bits per heavy atom. The van der Waals surface area contributed by atoms with Gasteiger partial charge in [-0.3, -0.25) is 0 Å². The summed E-state index contributed by atoms with van der Waals surface area (Å²) in [5, 5.41) is 3.23. The minimum absolute atomic E-state index is 0.0406. The molecule has 94 valence electrons. The van der Waals surface area contributed by atoms with Gasteiger partial charge in [-0.2, -0.15) is 0 Å². The van der Waals surface area contributed by atoms with Crippen LogP contribution < -0.4 is 11.1 Å². The molecular formula is C12H15BrF2N2. The van der Waals surface area contributed by atoms with Crippen molar-refractivity contribution in [3.8, 4) is 0 Å². The van der Waals surface area contributed by atoms with Crippen LogP contribution in [0.2, 0.25) is 0 Å². The molecule has 1 aliphatic carbocycles. The number of rotatable bonds is 2. The number of nitrogens with two attached hydrogens (primary N) is 1. The molecule has 0 atom stereocenters. The molecule has 17 heavy (non-hydrogen) atoms. The summed E-state index contributed by atoms with van der Waals surface area (Å²) < 4.78 is 26.9. The van der Waals surface area contributed by atoms with E-state index in [0.717, 1.165) is 10.2 Å². The van der Waals surface area contributed by atoms with E-state index in [1.54, 1.807) is 6.07 Å². The lowest BCUT2D eigenvalue weighted by atomic mass is 9.92. The molecule has 1 fully saturated rings. The average Bonchev–Trinajstić information content (AvgIpc) is 2.25. The standard InChI is InChI=1S/C12H15BrF2N2/c13-8-1-2-11(10(16)7-8)17-9-3-5-12(14,15)6-4-9/h1-2,7,9,17H,3-6,16H2. The van der Waals surface area contributed by atoms with Crippen molar-refractivity contribution in [1.82, 2.24) is 0 Å². The van der Waals surface area contributed by atoms with Gasteiger partial charge >= 0.3 is 0 Å². The first-order valence-corrected chi connectivity index (χ1v) is 6.45. The first kappa shape index (κ1) is 12.6.